The van der Waals surface area contributed by atoms with E-state index < -0.39 is 11.2 Å². The topological polar surface area (TPSA) is 72.4 Å². The summed E-state index contributed by atoms with van der Waals surface area (Å²) in [6.45, 7) is 0. The highest BCUT2D eigenvalue weighted by atomic mass is 16.4. The van der Waals surface area contributed by atoms with E-state index in [2.05, 4.69) is 0 Å². The Bertz CT molecular complexity index is 1320. The number of fused-ring (bicyclic) bond motifs is 5. The minimum Gasteiger partial charge on any atom is -0.507 e. The molecule has 1 N–H and O–H groups in total. The average molecular weight is 357 g/mol. The third kappa shape index (κ3) is 2.25. The minimum atomic E-state index is -0.669. The molecule has 27 heavy (non-hydrogen) atoms. The summed E-state index contributed by atoms with van der Waals surface area (Å²) in [4.78, 5) is 25.3. The molecular weight excluding hydrogens is 342 g/mol. The molecule has 5 nitrogen and oxygen atoms in total. The Morgan fingerprint density at radius 1 is 0.926 bits per heavy atom. The van der Waals surface area contributed by atoms with Crippen molar-refractivity contribution in [1.29, 1.82) is 0 Å². The quantitative estimate of drug-likeness (QED) is 0.567. The molecule has 0 unspecified atom stereocenters. The van der Waals surface area contributed by atoms with Crippen molar-refractivity contribution in [3.8, 4) is 22.7 Å². The molecule has 0 bridgehead atoms. The van der Waals surface area contributed by atoms with Crippen molar-refractivity contribution in [1.82, 2.24) is 4.57 Å². The van der Waals surface area contributed by atoms with Gasteiger partial charge in [0.15, 0.2) is 5.58 Å². The van der Waals surface area contributed by atoms with E-state index in [0.717, 1.165) is 29.2 Å². The lowest BCUT2D eigenvalue weighted by molar-refractivity contribution is 0.466. The highest BCUT2D eigenvalue weighted by Gasteiger charge is 2.27. The van der Waals surface area contributed by atoms with Crippen LogP contribution in [0.15, 0.2) is 74.7 Å². The molecule has 0 saturated carbocycles. The number of hydrogen-bond acceptors (Lipinski definition) is 4. The van der Waals surface area contributed by atoms with Crippen LogP contribution in [0.5, 0.6) is 5.75 Å². The van der Waals surface area contributed by atoms with Gasteiger partial charge in [-0.25, -0.2) is 4.79 Å². The first-order valence-electron chi connectivity index (χ1n) is 8.73. The highest BCUT2D eigenvalue weighted by Crippen LogP contribution is 2.38. The van der Waals surface area contributed by atoms with Crippen LogP contribution in [0.1, 0.15) is 11.1 Å². The fourth-order valence-corrected chi connectivity index (χ4v) is 3.92. The molecule has 0 aliphatic heterocycles. The third-order valence-corrected chi connectivity index (χ3v) is 5.07. The lowest BCUT2D eigenvalue weighted by Gasteiger charge is -2.25. The highest BCUT2D eigenvalue weighted by molar-refractivity contribution is 5.91. The Balaban J connectivity index is 2.05. The molecule has 1 aliphatic rings. The van der Waals surface area contributed by atoms with Crippen LogP contribution in [0.4, 0.5) is 0 Å². The summed E-state index contributed by atoms with van der Waals surface area (Å²) in [7, 11) is 0. The van der Waals surface area contributed by atoms with Crippen LogP contribution in [0.2, 0.25) is 0 Å². The fraction of sp³-hybridized carbons (Fsp3) is 0.0909. The lowest BCUT2D eigenvalue weighted by Crippen LogP contribution is -2.25. The molecule has 2 aromatic heterocycles. The van der Waals surface area contributed by atoms with E-state index in [1.807, 2.05) is 54.6 Å². The van der Waals surface area contributed by atoms with Gasteiger partial charge in [0.05, 0.1) is 11.8 Å². The number of aryl methyl sites for hydroxylation is 2. The van der Waals surface area contributed by atoms with Gasteiger partial charge in [0.2, 0.25) is 0 Å². The molecule has 0 radical (unpaired) electrons. The molecule has 4 aromatic rings. The number of aromatic hydroxyl groups is 1. The largest absolute Gasteiger partial charge is 0.507 e. The molecule has 132 valence electrons. The van der Waals surface area contributed by atoms with Crippen LogP contribution in [0.3, 0.4) is 0 Å². The van der Waals surface area contributed by atoms with Crippen LogP contribution in [-0.2, 0) is 12.8 Å². The Kier molecular flexibility index (Phi) is 3.31. The van der Waals surface area contributed by atoms with Gasteiger partial charge in [0.25, 0.3) is 5.56 Å². The number of nitrogens with zero attached hydrogens (tertiary/aromatic N) is 1. The number of pyridine rings is 1. The van der Waals surface area contributed by atoms with Crippen LogP contribution >= 0.6 is 0 Å². The number of para-hydroxylation sites is 1. The maximum absolute atomic E-state index is 13.4. The Morgan fingerprint density at radius 3 is 2.48 bits per heavy atom. The van der Waals surface area contributed by atoms with Crippen molar-refractivity contribution >= 4 is 11.0 Å². The minimum absolute atomic E-state index is 0.0385. The Hall–Kier alpha value is -3.60. The first kappa shape index (κ1) is 15.6. The number of rotatable bonds is 1. The Morgan fingerprint density at radius 2 is 1.67 bits per heavy atom. The second-order valence-corrected chi connectivity index (χ2v) is 6.62. The standard InChI is InChI=1S/C22H15NO4/c24-17-12-18(25)27-21-16-11-10-13-6-4-5-9-15(13)20(16)23(22(26)19(17)21)14-7-2-1-3-8-14/h1-9,12,24H,10-11H2. The van der Waals surface area contributed by atoms with Gasteiger partial charge in [-0.2, -0.15) is 0 Å². The molecule has 2 heterocycles. The van der Waals surface area contributed by atoms with Gasteiger partial charge < -0.3 is 9.52 Å². The van der Waals surface area contributed by atoms with Gasteiger partial charge in [0.1, 0.15) is 11.1 Å². The second-order valence-electron chi connectivity index (χ2n) is 6.62. The predicted octanol–water partition coefficient (Wildman–Crippen LogP) is 3.42. The normalized spacial score (nSPS) is 12.6. The van der Waals surface area contributed by atoms with Crippen molar-refractivity contribution in [3.63, 3.8) is 0 Å². The monoisotopic (exact) mass is 357 g/mol. The van der Waals surface area contributed by atoms with Crippen LogP contribution in [-0.4, -0.2) is 9.67 Å². The maximum Gasteiger partial charge on any atom is 0.339 e. The molecule has 0 fully saturated rings. The molecule has 1 aliphatic carbocycles. The fourth-order valence-electron chi connectivity index (χ4n) is 3.92. The van der Waals surface area contributed by atoms with Crippen LogP contribution in [0.25, 0.3) is 27.9 Å². The Labute approximate surface area is 153 Å². The third-order valence-electron chi connectivity index (χ3n) is 5.07. The zero-order chi connectivity index (χ0) is 18.5. The summed E-state index contributed by atoms with van der Waals surface area (Å²) in [6.07, 6.45) is 1.38. The number of benzene rings is 2. The van der Waals surface area contributed by atoms with E-state index in [1.165, 1.54) is 0 Å². The summed E-state index contributed by atoms with van der Waals surface area (Å²) in [5, 5.41) is 10.4. The molecule has 5 rings (SSSR count). The second kappa shape index (κ2) is 5.71. The van der Waals surface area contributed by atoms with Gasteiger partial charge in [-0.3, -0.25) is 9.36 Å². The summed E-state index contributed by atoms with van der Waals surface area (Å²) >= 11 is 0. The molecule has 0 saturated heterocycles. The zero-order valence-electron chi connectivity index (χ0n) is 14.3. The van der Waals surface area contributed by atoms with Crippen molar-refractivity contribution in [2.75, 3.05) is 0 Å². The maximum atomic E-state index is 13.4. The van der Waals surface area contributed by atoms with Gasteiger partial charge in [-0.15, -0.1) is 0 Å². The SMILES string of the molecule is O=c1cc(O)c2c(=O)n(-c3ccccc3)c3c(c2o1)CCc1ccccc1-3. The number of aromatic nitrogens is 1. The zero-order valence-corrected chi connectivity index (χ0v) is 14.3. The molecule has 5 heteroatoms. The van der Waals surface area contributed by atoms with Crippen LogP contribution < -0.4 is 11.2 Å². The van der Waals surface area contributed by atoms with Gasteiger partial charge in [-0.05, 0) is 30.5 Å². The van der Waals surface area contributed by atoms with E-state index >= 15 is 0 Å². The molecular formula is C22H15NO4. The van der Waals surface area contributed by atoms with E-state index in [4.69, 9.17) is 4.42 Å². The van der Waals surface area contributed by atoms with Crippen molar-refractivity contribution < 1.29 is 9.52 Å². The summed E-state index contributed by atoms with van der Waals surface area (Å²) < 4.78 is 7.01. The summed E-state index contributed by atoms with van der Waals surface area (Å²) in [5.41, 5.74) is 3.36. The lowest BCUT2D eigenvalue weighted by atomic mass is 9.87. The first-order chi connectivity index (χ1) is 13.1. The van der Waals surface area contributed by atoms with Crippen LogP contribution in [0, 0.1) is 0 Å². The molecule has 0 spiro atoms. The van der Waals surface area contributed by atoms with Gasteiger partial charge in [-0.1, -0.05) is 42.5 Å². The van der Waals surface area contributed by atoms with Gasteiger partial charge in [0, 0.05) is 16.8 Å². The molecule has 0 atom stereocenters. The van der Waals surface area contributed by atoms with Crippen molar-refractivity contribution in [2.24, 2.45) is 0 Å². The molecule has 2 aromatic carbocycles. The van der Waals surface area contributed by atoms with Gasteiger partial charge >= 0.3 is 5.63 Å². The smallest absolute Gasteiger partial charge is 0.339 e. The van der Waals surface area contributed by atoms with E-state index in [9.17, 15) is 14.7 Å². The van der Waals surface area contributed by atoms with Crippen molar-refractivity contribution in [2.45, 2.75) is 12.8 Å². The number of hydrogen-bond donors (Lipinski definition) is 1. The summed E-state index contributed by atoms with van der Waals surface area (Å²) in [6, 6.07) is 18.2. The first-order valence-corrected chi connectivity index (χ1v) is 8.73. The van der Waals surface area contributed by atoms with E-state index in [1.54, 1.807) is 4.57 Å². The predicted molar refractivity (Wildman–Crippen MR) is 103 cm³/mol. The average Bonchev–Trinajstić information content (AvgIpc) is 2.68. The van der Waals surface area contributed by atoms with Crippen molar-refractivity contribution in [3.05, 3.63) is 92.6 Å². The van der Waals surface area contributed by atoms with E-state index in [-0.39, 0.29) is 16.7 Å². The molecule has 0 amide bonds. The summed E-state index contributed by atoms with van der Waals surface area (Å²) in [5.74, 6) is -0.349. The van der Waals surface area contributed by atoms with E-state index in [0.29, 0.717) is 17.8 Å².